The third-order valence-corrected chi connectivity index (χ3v) is 10.3. The Morgan fingerprint density at radius 3 is 2.52 bits per heavy atom. The molecular weight excluding hydrogens is 610 g/mol. The molecule has 5 rings (SSSR count). The first-order valence-corrected chi connectivity index (χ1v) is 16.4. The Morgan fingerprint density at radius 1 is 1.14 bits per heavy atom. The molecule has 2 aromatic rings. The van der Waals surface area contributed by atoms with Crippen molar-refractivity contribution in [3.05, 3.63) is 40.7 Å². The standard InChI is InChI=1S/C28H38ClN9O5S/c1-17(2)15-43-19-6-10-38(11-7-19)44(41,42)20-5-3-4-18(14-20)26(40)37-12-8-28(9-13-37)16-32-27(36-28)35-25(39)21-23(30)34-24(31)22(29)33-21/h3-5,14,17,19H,6-13,15-16H2,1-2H3,(H4,30,31,34)(H2,32,35,36,39). The molecule has 3 fully saturated rings. The summed E-state index contributed by atoms with van der Waals surface area (Å²) in [6, 6.07) is 6.25. The molecule has 3 aliphatic heterocycles. The van der Waals surface area contributed by atoms with Gasteiger partial charge >= 0.3 is 5.91 Å². The topological polar surface area (TPSA) is 198 Å². The van der Waals surface area contributed by atoms with Gasteiger partial charge in [0.1, 0.15) is 0 Å². The maximum absolute atomic E-state index is 13.4. The Morgan fingerprint density at radius 2 is 1.84 bits per heavy atom. The average Bonchev–Trinajstić information content (AvgIpc) is 3.39. The molecule has 1 aromatic heterocycles. The summed E-state index contributed by atoms with van der Waals surface area (Å²) in [5.74, 6) is -0.529. The van der Waals surface area contributed by atoms with Crippen LogP contribution in [0.15, 0.2) is 34.2 Å². The summed E-state index contributed by atoms with van der Waals surface area (Å²) >= 11 is 5.88. The van der Waals surface area contributed by atoms with Crippen molar-refractivity contribution in [2.24, 2.45) is 10.9 Å². The van der Waals surface area contributed by atoms with Crippen molar-refractivity contribution in [3.8, 4) is 0 Å². The van der Waals surface area contributed by atoms with Gasteiger partial charge < -0.3 is 31.7 Å². The molecule has 0 saturated carbocycles. The van der Waals surface area contributed by atoms with Crippen molar-refractivity contribution in [1.82, 2.24) is 29.8 Å². The van der Waals surface area contributed by atoms with Gasteiger partial charge in [0.15, 0.2) is 28.4 Å². The van der Waals surface area contributed by atoms with Crippen LogP contribution in [0, 0.1) is 5.92 Å². The van der Waals surface area contributed by atoms with Crippen LogP contribution in [0.3, 0.4) is 0 Å². The van der Waals surface area contributed by atoms with E-state index in [9.17, 15) is 18.0 Å². The van der Waals surface area contributed by atoms with Crippen LogP contribution in [-0.4, -0.2) is 96.3 Å². The summed E-state index contributed by atoms with van der Waals surface area (Å²) in [5, 5.41) is 6.23. The number of amides is 2. The number of nitrogens with two attached hydrogens (primary N) is 2. The third-order valence-electron chi connectivity index (χ3n) is 8.09. The highest BCUT2D eigenvalue weighted by Gasteiger charge is 2.41. The maximum Gasteiger partial charge on any atom is 0.302 e. The minimum atomic E-state index is -3.75. The Kier molecular flexibility index (Phi) is 9.30. The molecule has 14 nitrogen and oxygen atoms in total. The fraction of sp³-hybridized carbons (Fsp3) is 0.536. The van der Waals surface area contributed by atoms with E-state index in [0.29, 0.717) is 76.5 Å². The molecule has 1 spiro atoms. The van der Waals surface area contributed by atoms with Crippen molar-refractivity contribution in [3.63, 3.8) is 0 Å². The van der Waals surface area contributed by atoms with Crippen molar-refractivity contribution in [2.75, 3.05) is 50.8 Å². The van der Waals surface area contributed by atoms with E-state index in [1.807, 2.05) is 0 Å². The van der Waals surface area contributed by atoms with Gasteiger partial charge in [-0.25, -0.2) is 18.4 Å². The summed E-state index contributed by atoms with van der Waals surface area (Å²) < 4.78 is 34.2. The largest absolute Gasteiger partial charge is 0.382 e. The summed E-state index contributed by atoms with van der Waals surface area (Å²) in [4.78, 5) is 39.7. The zero-order chi connectivity index (χ0) is 31.6. The number of halogens is 1. The van der Waals surface area contributed by atoms with Gasteiger partial charge in [-0.2, -0.15) is 9.30 Å². The second-order valence-electron chi connectivity index (χ2n) is 11.8. The van der Waals surface area contributed by atoms with Gasteiger partial charge in [-0.1, -0.05) is 31.5 Å². The number of benzene rings is 1. The maximum atomic E-state index is 13.4. The summed E-state index contributed by atoms with van der Waals surface area (Å²) in [5.41, 5.74) is 11.0. The Balaban J connectivity index is 1.18. The molecule has 3 saturated heterocycles. The molecule has 0 bridgehead atoms. The van der Waals surface area contributed by atoms with Gasteiger partial charge in [-0.05, 0) is 49.8 Å². The zero-order valence-electron chi connectivity index (χ0n) is 24.8. The fourth-order valence-corrected chi connectivity index (χ4v) is 7.18. The van der Waals surface area contributed by atoms with E-state index < -0.39 is 21.5 Å². The number of hydrogen-bond acceptors (Lipinski definition) is 9. The average molecular weight is 648 g/mol. The highest BCUT2D eigenvalue weighted by Crippen LogP contribution is 2.28. The molecule has 0 aliphatic carbocycles. The number of carbonyl (C=O) groups is 2. The minimum absolute atomic E-state index is 0.0579. The SMILES string of the molecule is CC(C)COC1CCN(S(=O)(=O)c2cccc(C(=O)N3CCC4(CC3)CN/C(=N\C(=O)c3nc(Cl)c(N)nc3N)N4)c2)CC1. The lowest BCUT2D eigenvalue weighted by atomic mass is 9.88. The number of aromatic nitrogens is 2. The first kappa shape index (κ1) is 31.9. The predicted molar refractivity (Wildman–Crippen MR) is 166 cm³/mol. The van der Waals surface area contributed by atoms with E-state index in [2.05, 4.69) is 39.4 Å². The van der Waals surface area contributed by atoms with Crippen LogP contribution in [0.5, 0.6) is 0 Å². The zero-order valence-corrected chi connectivity index (χ0v) is 26.3. The van der Waals surface area contributed by atoms with Crippen molar-refractivity contribution >= 4 is 51.0 Å². The molecule has 6 N–H and O–H groups in total. The number of nitrogen functional groups attached to an aromatic ring is 2. The minimum Gasteiger partial charge on any atom is -0.382 e. The lowest BCUT2D eigenvalue weighted by molar-refractivity contribution is 0.00748. The molecule has 0 radical (unpaired) electrons. The number of sulfonamides is 1. The molecule has 1 aromatic carbocycles. The van der Waals surface area contributed by atoms with E-state index in [-0.39, 0.29) is 45.3 Å². The van der Waals surface area contributed by atoms with Crippen LogP contribution in [0.1, 0.15) is 60.4 Å². The molecular formula is C28H38ClN9O5S. The first-order valence-electron chi connectivity index (χ1n) is 14.6. The molecule has 3 aliphatic rings. The van der Waals surface area contributed by atoms with Gasteiger partial charge in [-0.3, -0.25) is 9.59 Å². The fourth-order valence-electron chi connectivity index (χ4n) is 5.54. The number of aliphatic imine (C=N–C) groups is 1. The Bertz CT molecular complexity index is 1550. The third kappa shape index (κ3) is 6.90. The number of nitrogens with zero attached hydrogens (tertiary/aromatic N) is 5. The molecule has 2 amide bonds. The number of rotatable bonds is 7. The van der Waals surface area contributed by atoms with Crippen LogP contribution in [0.25, 0.3) is 0 Å². The number of ether oxygens (including phenoxy) is 1. The highest BCUT2D eigenvalue weighted by molar-refractivity contribution is 7.89. The lowest BCUT2D eigenvalue weighted by Crippen LogP contribution is -2.53. The quantitative estimate of drug-likeness (QED) is 0.339. The van der Waals surface area contributed by atoms with Crippen molar-refractivity contribution in [2.45, 2.75) is 56.1 Å². The summed E-state index contributed by atoms with van der Waals surface area (Å²) in [6.45, 7) is 6.95. The molecule has 0 unspecified atom stereocenters. The smallest absolute Gasteiger partial charge is 0.302 e. The number of hydrogen-bond donors (Lipinski definition) is 4. The van der Waals surface area contributed by atoms with E-state index in [1.165, 1.54) is 16.4 Å². The number of guanidine groups is 1. The number of likely N-dealkylation sites (tertiary alicyclic amines) is 1. The molecule has 44 heavy (non-hydrogen) atoms. The van der Waals surface area contributed by atoms with Gasteiger partial charge in [0.05, 0.1) is 16.5 Å². The van der Waals surface area contributed by atoms with Gasteiger partial charge in [0.25, 0.3) is 5.91 Å². The van der Waals surface area contributed by atoms with Crippen molar-refractivity contribution in [1.29, 1.82) is 0 Å². The molecule has 4 heterocycles. The Labute approximate surface area is 261 Å². The van der Waals surface area contributed by atoms with E-state index in [0.717, 1.165) is 0 Å². The Hall–Kier alpha value is -3.53. The van der Waals surface area contributed by atoms with E-state index in [1.54, 1.807) is 17.0 Å². The molecule has 0 atom stereocenters. The number of anilines is 2. The predicted octanol–water partition coefficient (Wildman–Crippen LogP) is 1.48. The van der Waals surface area contributed by atoms with Crippen LogP contribution < -0.4 is 22.1 Å². The van der Waals surface area contributed by atoms with E-state index >= 15 is 0 Å². The number of carbonyl (C=O) groups excluding carboxylic acids is 2. The normalized spacial score (nSPS) is 20.2. The van der Waals surface area contributed by atoms with Crippen LogP contribution in [0.4, 0.5) is 11.6 Å². The lowest BCUT2D eigenvalue weighted by Gasteiger charge is -2.38. The summed E-state index contributed by atoms with van der Waals surface area (Å²) in [7, 11) is -3.75. The number of nitrogens with one attached hydrogen (secondary N) is 2. The summed E-state index contributed by atoms with van der Waals surface area (Å²) in [6.07, 6.45) is 2.51. The molecule has 238 valence electrons. The van der Waals surface area contributed by atoms with Crippen LogP contribution in [-0.2, 0) is 14.8 Å². The molecule has 16 heteroatoms. The van der Waals surface area contributed by atoms with Gasteiger partial charge in [0.2, 0.25) is 10.0 Å². The van der Waals surface area contributed by atoms with Crippen molar-refractivity contribution < 1.29 is 22.7 Å². The first-order chi connectivity index (χ1) is 20.9. The number of piperidine rings is 2. The highest BCUT2D eigenvalue weighted by atomic mass is 35.5. The second-order valence-corrected chi connectivity index (χ2v) is 14.1. The van der Waals surface area contributed by atoms with Gasteiger partial charge in [-0.15, -0.1) is 0 Å². The van der Waals surface area contributed by atoms with Gasteiger partial charge in [0, 0.05) is 44.9 Å². The van der Waals surface area contributed by atoms with E-state index in [4.69, 9.17) is 27.8 Å². The van der Waals surface area contributed by atoms with Crippen LogP contribution >= 0.6 is 11.6 Å². The van der Waals surface area contributed by atoms with Crippen LogP contribution in [0.2, 0.25) is 5.15 Å². The monoisotopic (exact) mass is 647 g/mol. The second kappa shape index (κ2) is 12.8.